The highest BCUT2D eigenvalue weighted by Gasteiger charge is 2.24. The van der Waals surface area contributed by atoms with Gasteiger partial charge in [-0.1, -0.05) is 23.2 Å². The van der Waals surface area contributed by atoms with Gasteiger partial charge in [0, 0.05) is 16.0 Å². The van der Waals surface area contributed by atoms with E-state index in [0.29, 0.717) is 26.4 Å². The molecule has 0 fully saturated rings. The summed E-state index contributed by atoms with van der Waals surface area (Å²) in [4.78, 5) is 25.6. The van der Waals surface area contributed by atoms with E-state index < -0.39 is 18.0 Å². The van der Waals surface area contributed by atoms with E-state index in [4.69, 9.17) is 32.7 Å². The van der Waals surface area contributed by atoms with Gasteiger partial charge in [-0.15, -0.1) is 11.3 Å². The van der Waals surface area contributed by atoms with E-state index >= 15 is 0 Å². The number of thiophene rings is 1. The Hall–Kier alpha value is -1.76. The number of hydrogen-bond donors (Lipinski definition) is 1. The summed E-state index contributed by atoms with van der Waals surface area (Å²) < 4.78 is 10.7. The summed E-state index contributed by atoms with van der Waals surface area (Å²) in [5, 5.41) is 3.99. The van der Waals surface area contributed by atoms with Crippen LogP contribution in [0.25, 0.3) is 0 Å². The van der Waals surface area contributed by atoms with Gasteiger partial charge >= 0.3 is 5.97 Å². The quantitative estimate of drug-likeness (QED) is 0.653. The van der Waals surface area contributed by atoms with Crippen molar-refractivity contribution in [3.8, 4) is 5.75 Å². The number of halogens is 2. The SMILES string of the molecule is CCOC(=O)c1c(NC(=O)[C@H](C)Oc2cc(Cl)ccc2Cl)sc(C)c1C. The molecule has 1 heterocycles. The number of ether oxygens (including phenoxy) is 2. The van der Waals surface area contributed by atoms with Gasteiger partial charge in [-0.25, -0.2) is 4.79 Å². The van der Waals surface area contributed by atoms with Crippen LogP contribution in [-0.4, -0.2) is 24.6 Å². The normalized spacial score (nSPS) is 11.8. The number of nitrogens with one attached hydrogen (secondary N) is 1. The molecule has 5 nitrogen and oxygen atoms in total. The molecule has 0 saturated heterocycles. The highest BCUT2D eigenvalue weighted by Crippen LogP contribution is 2.33. The summed E-state index contributed by atoms with van der Waals surface area (Å²) in [7, 11) is 0. The molecule has 0 spiro atoms. The van der Waals surface area contributed by atoms with E-state index in [1.54, 1.807) is 26.0 Å². The number of rotatable bonds is 6. The number of amides is 1. The van der Waals surface area contributed by atoms with Gasteiger partial charge in [0.05, 0.1) is 17.2 Å². The van der Waals surface area contributed by atoms with Crippen LogP contribution in [0.1, 0.15) is 34.6 Å². The first kappa shape index (κ1) is 20.6. The van der Waals surface area contributed by atoms with Crippen LogP contribution in [-0.2, 0) is 9.53 Å². The predicted molar refractivity (Wildman–Crippen MR) is 105 cm³/mol. The molecule has 0 saturated carbocycles. The Morgan fingerprint density at radius 1 is 1.27 bits per heavy atom. The molecule has 0 bridgehead atoms. The number of carbonyl (C=O) groups excluding carboxylic acids is 2. The van der Waals surface area contributed by atoms with Gasteiger partial charge in [0.15, 0.2) is 6.10 Å². The smallest absolute Gasteiger partial charge is 0.341 e. The summed E-state index contributed by atoms with van der Waals surface area (Å²) in [5.74, 6) is -0.560. The second kappa shape index (κ2) is 8.75. The van der Waals surface area contributed by atoms with Gasteiger partial charge < -0.3 is 14.8 Å². The molecule has 1 amide bonds. The van der Waals surface area contributed by atoms with Crippen LogP contribution in [0, 0.1) is 13.8 Å². The van der Waals surface area contributed by atoms with Crippen LogP contribution in [0.4, 0.5) is 5.00 Å². The molecule has 0 unspecified atom stereocenters. The van der Waals surface area contributed by atoms with E-state index in [0.717, 1.165) is 10.4 Å². The lowest BCUT2D eigenvalue weighted by molar-refractivity contribution is -0.122. The summed E-state index contributed by atoms with van der Waals surface area (Å²) >= 11 is 13.3. The summed E-state index contributed by atoms with van der Waals surface area (Å²) in [6.45, 7) is 7.27. The van der Waals surface area contributed by atoms with E-state index in [-0.39, 0.29) is 6.61 Å². The average Bonchev–Trinajstić information content (AvgIpc) is 2.85. The zero-order chi connectivity index (χ0) is 19.4. The molecular formula is C18H19Cl2NO4S. The van der Waals surface area contributed by atoms with Crippen molar-refractivity contribution in [1.29, 1.82) is 0 Å². The van der Waals surface area contributed by atoms with E-state index in [9.17, 15) is 9.59 Å². The second-order valence-electron chi connectivity index (χ2n) is 5.53. The number of hydrogen-bond acceptors (Lipinski definition) is 5. The van der Waals surface area contributed by atoms with Gasteiger partial charge in [-0.3, -0.25) is 4.79 Å². The zero-order valence-electron chi connectivity index (χ0n) is 14.8. The third-order valence-electron chi connectivity index (χ3n) is 3.67. The van der Waals surface area contributed by atoms with E-state index in [2.05, 4.69) is 5.32 Å². The van der Waals surface area contributed by atoms with Crippen LogP contribution in [0.15, 0.2) is 18.2 Å². The molecule has 1 aromatic heterocycles. The number of aryl methyl sites for hydroxylation is 1. The van der Waals surface area contributed by atoms with Crippen LogP contribution in [0.3, 0.4) is 0 Å². The Morgan fingerprint density at radius 2 is 1.96 bits per heavy atom. The standard InChI is InChI=1S/C18H19Cl2NO4S/c1-5-24-18(23)15-9(2)11(4)26-17(15)21-16(22)10(3)25-14-8-12(19)6-7-13(14)20/h6-8,10H,5H2,1-4H3,(H,21,22)/t10-/m0/s1. The average molecular weight is 416 g/mol. The molecule has 26 heavy (non-hydrogen) atoms. The summed E-state index contributed by atoms with van der Waals surface area (Å²) in [5.41, 5.74) is 1.16. The van der Waals surface area contributed by atoms with Crippen LogP contribution in [0.2, 0.25) is 10.0 Å². The lowest BCUT2D eigenvalue weighted by atomic mass is 10.1. The molecule has 0 aliphatic carbocycles. The van der Waals surface area contributed by atoms with Gasteiger partial charge in [-0.05, 0) is 45.4 Å². The lowest BCUT2D eigenvalue weighted by Crippen LogP contribution is -2.30. The molecule has 0 aliphatic rings. The largest absolute Gasteiger partial charge is 0.479 e. The molecule has 0 radical (unpaired) electrons. The maximum Gasteiger partial charge on any atom is 0.341 e. The molecule has 1 aromatic carbocycles. The lowest BCUT2D eigenvalue weighted by Gasteiger charge is -2.16. The Balaban J connectivity index is 2.18. The van der Waals surface area contributed by atoms with Crippen molar-refractivity contribution in [3.05, 3.63) is 44.2 Å². The van der Waals surface area contributed by atoms with Gasteiger partial charge in [-0.2, -0.15) is 0 Å². The van der Waals surface area contributed by atoms with E-state index in [1.807, 2.05) is 13.8 Å². The molecule has 2 aromatic rings. The predicted octanol–water partition coefficient (Wildman–Crippen LogP) is 5.25. The van der Waals surface area contributed by atoms with Crippen LogP contribution < -0.4 is 10.1 Å². The first-order valence-corrected chi connectivity index (χ1v) is 9.51. The summed E-state index contributed by atoms with van der Waals surface area (Å²) in [6, 6.07) is 4.76. The molecule has 2 rings (SSSR count). The number of benzene rings is 1. The topological polar surface area (TPSA) is 64.6 Å². The first-order valence-electron chi connectivity index (χ1n) is 7.94. The Kier molecular flexibility index (Phi) is 6.92. The van der Waals surface area contributed by atoms with Crippen molar-refractivity contribution < 1.29 is 19.1 Å². The van der Waals surface area contributed by atoms with Crippen molar-refractivity contribution >= 4 is 51.4 Å². The minimum atomic E-state index is -0.844. The maximum atomic E-state index is 12.5. The van der Waals surface area contributed by atoms with Crippen molar-refractivity contribution in [1.82, 2.24) is 0 Å². The summed E-state index contributed by atoms with van der Waals surface area (Å²) in [6.07, 6.45) is -0.844. The molecule has 0 aliphatic heterocycles. The number of carbonyl (C=O) groups is 2. The fourth-order valence-corrected chi connectivity index (χ4v) is 3.56. The molecule has 140 valence electrons. The van der Waals surface area contributed by atoms with Crippen molar-refractivity contribution in [2.45, 2.75) is 33.8 Å². The van der Waals surface area contributed by atoms with E-state index in [1.165, 1.54) is 17.4 Å². The molecule has 1 atom stereocenters. The Bertz CT molecular complexity index is 835. The Morgan fingerprint density at radius 3 is 2.62 bits per heavy atom. The molecule has 8 heteroatoms. The third kappa shape index (κ3) is 4.69. The molecular weight excluding hydrogens is 397 g/mol. The minimum Gasteiger partial charge on any atom is -0.479 e. The second-order valence-corrected chi connectivity index (χ2v) is 7.60. The maximum absolute atomic E-state index is 12.5. The zero-order valence-corrected chi connectivity index (χ0v) is 17.1. The highest BCUT2D eigenvalue weighted by molar-refractivity contribution is 7.16. The Labute approximate surface area is 166 Å². The highest BCUT2D eigenvalue weighted by atomic mass is 35.5. The number of esters is 1. The van der Waals surface area contributed by atoms with Gasteiger partial charge in [0.25, 0.3) is 5.91 Å². The van der Waals surface area contributed by atoms with Crippen LogP contribution >= 0.6 is 34.5 Å². The van der Waals surface area contributed by atoms with Gasteiger partial charge in [0.1, 0.15) is 10.8 Å². The third-order valence-corrected chi connectivity index (χ3v) is 5.34. The van der Waals surface area contributed by atoms with Crippen molar-refractivity contribution in [3.63, 3.8) is 0 Å². The number of anilines is 1. The fraction of sp³-hybridized carbons (Fsp3) is 0.333. The van der Waals surface area contributed by atoms with Crippen molar-refractivity contribution in [2.24, 2.45) is 0 Å². The monoisotopic (exact) mass is 415 g/mol. The fourth-order valence-electron chi connectivity index (χ4n) is 2.19. The van der Waals surface area contributed by atoms with Gasteiger partial charge in [0.2, 0.25) is 0 Å². The first-order chi connectivity index (χ1) is 12.2. The van der Waals surface area contributed by atoms with Crippen molar-refractivity contribution in [2.75, 3.05) is 11.9 Å². The minimum absolute atomic E-state index is 0.257. The molecule has 1 N–H and O–H groups in total. The van der Waals surface area contributed by atoms with Crippen LogP contribution in [0.5, 0.6) is 5.75 Å².